The predicted molar refractivity (Wildman–Crippen MR) is 118 cm³/mol. The molecule has 0 atom stereocenters. The molecule has 0 amide bonds. The molecule has 4 heterocycles. The molecule has 0 N–H and O–H groups in total. The average Bonchev–Trinajstić information content (AvgIpc) is 3.32. The molecule has 0 radical (unpaired) electrons. The van der Waals surface area contributed by atoms with Crippen LogP contribution in [0.3, 0.4) is 0 Å². The summed E-state index contributed by atoms with van der Waals surface area (Å²) in [6.07, 6.45) is 1.86. The van der Waals surface area contributed by atoms with Crippen LogP contribution in [0, 0.1) is 0 Å². The van der Waals surface area contributed by atoms with E-state index in [-0.39, 0.29) is 0 Å². The highest BCUT2D eigenvalue weighted by molar-refractivity contribution is 7.26. The van der Waals surface area contributed by atoms with Crippen LogP contribution in [0.15, 0.2) is 79.0 Å². The molecule has 4 aromatic heterocycles. The van der Waals surface area contributed by atoms with E-state index in [1.165, 1.54) is 31.1 Å². The first-order valence-corrected chi connectivity index (χ1v) is 10.1. The molecule has 0 aliphatic rings. The van der Waals surface area contributed by atoms with Gasteiger partial charge in [0.1, 0.15) is 5.52 Å². The lowest BCUT2D eigenvalue weighted by Gasteiger charge is -2.10. The van der Waals surface area contributed by atoms with Crippen LogP contribution in [0.1, 0.15) is 0 Å². The monoisotopic (exact) mass is 375 g/mol. The van der Waals surface area contributed by atoms with E-state index in [9.17, 15) is 0 Å². The van der Waals surface area contributed by atoms with Crippen LogP contribution in [0.25, 0.3) is 58.7 Å². The maximum absolute atomic E-state index is 4.93. The number of fused-ring (bicyclic) bond motifs is 12. The van der Waals surface area contributed by atoms with Crippen molar-refractivity contribution in [3.63, 3.8) is 0 Å². The number of benzene rings is 3. The van der Waals surface area contributed by atoms with Crippen molar-refractivity contribution in [3.8, 4) is 0 Å². The highest BCUT2D eigenvalue weighted by Gasteiger charge is 2.17. The van der Waals surface area contributed by atoms with Crippen molar-refractivity contribution >= 4 is 70.0 Å². The van der Waals surface area contributed by atoms with E-state index in [1.54, 1.807) is 0 Å². The number of aromatic nitrogens is 3. The summed E-state index contributed by atoms with van der Waals surface area (Å²) >= 11 is 1.85. The second-order valence-electron chi connectivity index (χ2n) is 7.09. The first kappa shape index (κ1) is 14.5. The molecule has 130 valence electrons. The number of nitrogens with zero attached hydrogens (tertiary/aromatic N) is 3. The number of rotatable bonds is 0. The largest absolute Gasteiger partial charge is 0.290 e. The van der Waals surface area contributed by atoms with Gasteiger partial charge in [-0.05, 0) is 36.4 Å². The molecule has 7 aromatic rings. The third kappa shape index (κ3) is 1.69. The Bertz CT molecular complexity index is 1710. The summed E-state index contributed by atoms with van der Waals surface area (Å²) in [5.74, 6) is 0. The number of pyridine rings is 2. The molecule has 0 aliphatic carbocycles. The van der Waals surface area contributed by atoms with Crippen molar-refractivity contribution in [1.82, 2.24) is 14.4 Å². The van der Waals surface area contributed by atoms with Crippen molar-refractivity contribution in [1.29, 1.82) is 0 Å². The lowest BCUT2D eigenvalue weighted by molar-refractivity contribution is 1.29. The molecule has 0 saturated heterocycles. The summed E-state index contributed by atoms with van der Waals surface area (Å²) in [5, 5.41) is 5.04. The van der Waals surface area contributed by atoms with Gasteiger partial charge in [-0.1, -0.05) is 36.4 Å². The molecule has 0 bridgehead atoms. The lowest BCUT2D eigenvalue weighted by Crippen LogP contribution is -1.93. The molecule has 0 spiro atoms. The van der Waals surface area contributed by atoms with Crippen LogP contribution < -0.4 is 0 Å². The molecule has 0 unspecified atom stereocenters. The summed E-state index contributed by atoms with van der Waals surface area (Å²) in [4.78, 5) is 9.67. The van der Waals surface area contributed by atoms with Crippen molar-refractivity contribution in [3.05, 3.63) is 79.0 Å². The van der Waals surface area contributed by atoms with Gasteiger partial charge in [0.15, 0.2) is 5.65 Å². The minimum atomic E-state index is 0.920. The fourth-order valence-electron chi connectivity index (χ4n) is 4.48. The number of hydrogen-bond acceptors (Lipinski definition) is 3. The Kier molecular flexibility index (Phi) is 2.63. The van der Waals surface area contributed by atoms with E-state index in [0.29, 0.717) is 0 Å². The average molecular weight is 375 g/mol. The van der Waals surface area contributed by atoms with Gasteiger partial charge in [0.2, 0.25) is 0 Å². The fraction of sp³-hybridized carbons (Fsp3) is 0. The normalized spacial score (nSPS) is 12.3. The van der Waals surface area contributed by atoms with Crippen LogP contribution >= 0.6 is 11.3 Å². The SMILES string of the molecule is c1ccc2c(c1)nc1c3ncccc3c3c4c(ccc3n21)sc1ccccc14. The Morgan fingerprint density at radius 1 is 0.679 bits per heavy atom. The van der Waals surface area contributed by atoms with Crippen LogP contribution in [-0.4, -0.2) is 14.4 Å². The standard InChI is InChI=1S/C24H13N3S/c1-4-10-19-14(6-1)22-20(28-19)12-11-18-21(22)15-7-5-13-25-23(15)24-26-16-8-2-3-9-17(16)27(18)24/h1-13H. The minimum absolute atomic E-state index is 0.920. The minimum Gasteiger partial charge on any atom is -0.290 e. The van der Waals surface area contributed by atoms with Crippen molar-refractivity contribution < 1.29 is 0 Å². The molecule has 0 fully saturated rings. The van der Waals surface area contributed by atoms with Crippen molar-refractivity contribution in [2.24, 2.45) is 0 Å². The van der Waals surface area contributed by atoms with Gasteiger partial charge in [0, 0.05) is 37.1 Å². The Morgan fingerprint density at radius 3 is 2.54 bits per heavy atom. The molecular formula is C24H13N3S. The third-order valence-corrected chi connectivity index (χ3v) is 6.75. The van der Waals surface area contributed by atoms with Gasteiger partial charge in [-0.15, -0.1) is 11.3 Å². The van der Waals surface area contributed by atoms with E-state index in [2.05, 4.69) is 65.1 Å². The van der Waals surface area contributed by atoms with Gasteiger partial charge < -0.3 is 0 Å². The van der Waals surface area contributed by atoms with Crippen LogP contribution in [0.5, 0.6) is 0 Å². The van der Waals surface area contributed by atoms with Crippen LogP contribution in [-0.2, 0) is 0 Å². The van der Waals surface area contributed by atoms with Gasteiger partial charge in [-0.25, -0.2) is 4.98 Å². The number of imidazole rings is 1. The quantitative estimate of drug-likeness (QED) is 0.281. The second-order valence-corrected chi connectivity index (χ2v) is 8.17. The molecule has 0 aliphatic heterocycles. The first-order valence-electron chi connectivity index (χ1n) is 9.28. The Morgan fingerprint density at radius 2 is 1.54 bits per heavy atom. The Balaban J connectivity index is 1.92. The number of thiophene rings is 1. The Labute approximate surface area is 163 Å². The second kappa shape index (κ2) is 5.06. The van der Waals surface area contributed by atoms with Gasteiger partial charge >= 0.3 is 0 Å². The summed E-state index contributed by atoms with van der Waals surface area (Å²) in [6, 6.07) is 25.7. The van der Waals surface area contributed by atoms with Gasteiger partial charge in [-0.2, -0.15) is 0 Å². The van der Waals surface area contributed by atoms with Crippen LogP contribution in [0.4, 0.5) is 0 Å². The van der Waals surface area contributed by atoms with Crippen LogP contribution in [0.2, 0.25) is 0 Å². The molecule has 0 saturated carbocycles. The molecule has 3 aromatic carbocycles. The number of para-hydroxylation sites is 2. The van der Waals surface area contributed by atoms with E-state index < -0.39 is 0 Å². The highest BCUT2D eigenvalue weighted by Crippen LogP contribution is 2.42. The molecule has 7 rings (SSSR count). The summed E-state index contributed by atoms with van der Waals surface area (Å²) < 4.78 is 4.89. The lowest BCUT2D eigenvalue weighted by atomic mass is 10.0. The zero-order valence-electron chi connectivity index (χ0n) is 14.8. The zero-order valence-corrected chi connectivity index (χ0v) is 15.6. The smallest absolute Gasteiger partial charge is 0.165 e. The number of hydrogen-bond donors (Lipinski definition) is 0. The van der Waals surface area contributed by atoms with Gasteiger partial charge in [0.05, 0.1) is 16.6 Å². The maximum Gasteiger partial charge on any atom is 0.165 e. The third-order valence-electron chi connectivity index (χ3n) is 5.61. The maximum atomic E-state index is 4.93. The van der Waals surface area contributed by atoms with Gasteiger partial charge in [-0.3, -0.25) is 9.38 Å². The zero-order chi connectivity index (χ0) is 18.2. The first-order chi connectivity index (χ1) is 13.9. The molecular weight excluding hydrogens is 362 g/mol. The fourth-order valence-corrected chi connectivity index (χ4v) is 5.59. The highest BCUT2D eigenvalue weighted by atomic mass is 32.1. The van der Waals surface area contributed by atoms with E-state index in [1.807, 2.05) is 29.7 Å². The van der Waals surface area contributed by atoms with E-state index in [4.69, 9.17) is 9.97 Å². The molecule has 28 heavy (non-hydrogen) atoms. The van der Waals surface area contributed by atoms with E-state index in [0.717, 1.165) is 27.6 Å². The van der Waals surface area contributed by atoms with Crippen molar-refractivity contribution in [2.45, 2.75) is 0 Å². The molecule has 4 heteroatoms. The summed E-state index contributed by atoms with van der Waals surface area (Å²) in [7, 11) is 0. The Hall–Kier alpha value is -3.50. The predicted octanol–water partition coefficient (Wildman–Crippen LogP) is 6.56. The topological polar surface area (TPSA) is 30.2 Å². The van der Waals surface area contributed by atoms with Crippen molar-refractivity contribution in [2.75, 3.05) is 0 Å². The van der Waals surface area contributed by atoms with Gasteiger partial charge in [0.25, 0.3) is 0 Å². The molecule has 3 nitrogen and oxygen atoms in total. The summed E-state index contributed by atoms with van der Waals surface area (Å²) in [5.41, 5.74) is 5.17. The summed E-state index contributed by atoms with van der Waals surface area (Å²) in [6.45, 7) is 0. The van der Waals surface area contributed by atoms with E-state index >= 15 is 0 Å².